The summed E-state index contributed by atoms with van der Waals surface area (Å²) in [5.74, 6) is 0.563. The fraction of sp³-hybridized carbons (Fsp3) is 0.583. The molecule has 0 bridgehead atoms. The van der Waals surface area contributed by atoms with Crippen molar-refractivity contribution in [2.45, 2.75) is 33.2 Å². The fourth-order valence-electron chi connectivity index (χ4n) is 1.43. The van der Waals surface area contributed by atoms with Gasteiger partial charge in [-0.15, -0.1) is 11.3 Å². The Morgan fingerprint density at radius 3 is 2.75 bits per heavy atom. The van der Waals surface area contributed by atoms with Gasteiger partial charge in [0.15, 0.2) is 0 Å². The van der Waals surface area contributed by atoms with Gasteiger partial charge in [0.25, 0.3) is 5.91 Å². The summed E-state index contributed by atoms with van der Waals surface area (Å²) in [4.78, 5) is 12.9. The van der Waals surface area contributed by atoms with E-state index in [1.807, 2.05) is 11.4 Å². The molecular formula is C12H18INOS. The van der Waals surface area contributed by atoms with E-state index in [4.69, 9.17) is 0 Å². The number of hydrogen-bond acceptors (Lipinski definition) is 2. The Morgan fingerprint density at radius 1 is 1.56 bits per heavy atom. The number of aryl methyl sites for hydroxylation is 1. The van der Waals surface area contributed by atoms with Gasteiger partial charge in [0.2, 0.25) is 0 Å². The van der Waals surface area contributed by atoms with E-state index < -0.39 is 0 Å². The predicted octanol–water partition coefficient (Wildman–Crippen LogP) is 3.50. The fourth-order valence-corrected chi connectivity index (χ4v) is 3.57. The molecule has 1 unspecified atom stereocenters. The third-order valence-electron chi connectivity index (χ3n) is 2.62. The molecule has 0 aliphatic heterocycles. The molecular weight excluding hydrogens is 333 g/mol. The summed E-state index contributed by atoms with van der Waals surface area (Å²) < 4.78 is 0.952. The van der Waals surface area contributed by atoms with Crippen LogP contribution in [0.4, 0.5) is 0 Å². The van der Waals surface area contributed by atoms with Crippen LogP contribution < -0.4 is 5.32 Å². The summed E-state index contributed by atoms with van der Waals surface area (Å²) in [6.07, 6.45) is 0.919. The quantitative estimate of drug-likeness (QED) is 0.639. The van der Waals surface area contributed by atoms with Gasteiger partial charge in [-0.1, -0.05) is 43.4 Å². The van der Waals surface area contributed by atoms with Gasteiger partial charge in [-0.05, 0) is 29.3 Å². The maximum absolute atomic E-state index is 12.1. The molecule has 1 aromatic heterocycles. The average molecular weight is 351 g/mol. The summed E-state index contributed by atoms with van der Waals surface area (Å²) in [6.45, 7) is 6.36. The molecule has 0 saturated carbocycles. The van der Waals surface area contributed by atoms with Crippen LogP contribution in [0, 0.1) is 5.92 Å². The van der Waals surface area contributed by atoms with Crippen LogP contribution in [0.1, 0.15) is 36.0 Å². The standard InChI is InChI=1S/C12H18INOS/c1-4-9-5-6-16-11(9)12(15)14-10(7-13)8(2)3/h5-6,8,10H,4,7H2,1-3H3,(H,14,15). The molecule has 16 heavy (non-hydrogen) atoms. The summed E-state index contributed by atoms with van der Waals surface area (Å²) in [5.41, 5.74) is 1.15. The van der Waals surface area contributed by atoms with Crippen molar-refractivity contribution in [2.24, 2.45) is 5.92 Å². The maximum atomic E-state index is 12.1. The van der Waals surface area contributed by atoms with Gasteiger partial charge < -0.3 is 5.32 Å². The van der Waals surface area contributed by atoms with Crippen LogP contribution in [0.25, 0.3) is 0 Å². The lowest BCUT2D eigenvalue weighted by molar-refractivity contribution is 0.0935. The van der Waals surface area contributed by atoms with Crippen molar-refractivity contribution >= 4 is 39.8 Å². The molecule has 1 aromatic rings. The molecule has 0 spiro atoms. The molecule has 0 aliphatic rings. The Morgan fingerprint density at radius 2 is 2.25 bits per heavy atom. The minimum absolute atomic E-state index is 0.0854. The minimum Gasteiger partial charge on any atom is -0.348 e. The first-order valence-electron chi connectivity index (χ1n) is 5.53. The summed E-state index contributed by atoms with van der Waals surface area (Å²) in [6, 6.07) is 2.30. The maximum Gasteiger partial charge on any atom is 0.261 e. The third kappa shape index (κ3) is 3.45. The lowest BCUT2D eigenvalue weighted by Crippen LogP contribution is -2.39. The molecule has 0 aromatic carbocycles. The summed E-state index contributed by atoms with van der Waals surface area (Å²) in [7, 11) is 0. The van der Waals surface area contributed by atoms with Crippen LogP contribution in [-0.4, -0.2) is 16.4 Å². The monoisotopic (exact) mass is 351 g/mol. The Bertz CT molecular complexity index is 349. The predicted molar refractivity (Wildman–Crippen MR) is 78.7 cm³/mol. The first kappa shape index (κ1) is 14.0. The smallest absolute Gasteiger partial charge is 0.261 e. The minimum atomic E-state index is 0.0854. The molecule has 0 radical (unpaired) electrons. The van der Waals surface area contributed by atoms with Crippen LogP contribution >= 0.6 is 33.9 Å². The van der Waals surface area contributed by atoms with Crippen LogP contribution in [-0.2, 0) is 6.42 Å². The SMILES string of the molecule is CCc1ccsc1C(=O)NC(CI)C(C)C. The number of thiophene rings is 1. The number of hydrogen-bond donors (Lipinski definition) is 1. The number of amides is 1. The number of rotatable bonds is 5. The van der Waals surface area contributed by atoms with E-state index in [9.17, 15) is 4.79 Å². The molecule has 0 saturated heterocycles. The number of halogens is 1. The van der Waals surface area contributed by atoms with Crippen molar-refractivity contribution in [2.75, 3.05) is 4.43 Å². The van der Waals surface area contributed by atoms with Gasteiger partial charge in [0.05, 0.1) is 4.88 Å². The van der Waals surface area contributed by atoms with E-state index in [1.165, 1.54) is 11.3 Å². The number of carbonyl (C=O) groups is 1. The van der Waals surface area contributed by atoms with Crippen molar-refractivity contribution in [1.29, 1.82) is 0 Å². The van der Waals surface area contributed by atoms with Gasteiger partial charge >= 0.3 is 0 Å². The van der Waals surface area contributed by atoms with Crippen molar-refractivity contribution in [3.8, 4) is 0 Å². The lowest BCUT2D eigenvalue weighted by atomic mass is 10.1. The van der Waals surface area contributed by atoms with E-state index >= 15 is 0 Å². The van der Waals surface area contributed by atoms with E-state index in [-0.39, 0.29) is 11.9 Å². The highest BCUT2D eigenvalue weighted by Crippen LogP contribution is 2.18. The van der Waals surface area contributed by atoms with Crippen LogP contribution in [0.3, 0.4) is 0 Å². The van der Waals surface area contributed by atoms with E-state index in [0.717, 1.165) is 21.3 Å². The highest BCUT2D eigenvalue weighted by Gasteiger charge is 2.18. The van der Waals surface area contributed by atoms with Gasteiger partial charge in [0.1, 0.15) is 0 Å². The highest BCUT2D eigenvalue weighted by atomic mass is 127. The van der Waals surface area contributed by atoms with Crippen LogP contribution in [0.15, 0.2) is 11.4 Å². The van der Waals surface area contributed by atoms with Crippen molar-refractivity contribution in [3.05, 3.63) is 21.9 Å². The molecule has 90 valence electrons. The largest absolute Gasteiger partial charge is 0.348 e. The third-order valence-corrected chi connectivity index (χ3v) is 4.53. The lowest BCUT2D eigenvalue weighted by Gasteiger charge is -2.19. The van der Waals surface area contributed by atoms with Crippen molar-refractivity contribution in [3.63, 3.8) is 0 Å². The molecule has 0 aliphatic carbocycles. The molecule has 2 nitrogen and oxygen atoms in total. The zero-order valence-corrected chi connectivity index (χ0v) is 12.9. The molecule has 1 N–H and O–H groups in total. The normalized spacial score (nSPS) is 12.8. The highest BCUT2D eigenvalue weighted by molar-refractivity contribution is 14.1. The first-order chi connectivity index (χ1) is 7.60. The number of nitrogens with one attached hydrogen (secondary N) is 1. The summed E-state index contributed by atoms with van der Waals surface area (Å²) in [5, 5.41) is 5.10. The number of alkyl halides is 1. The second kappa shape index (κ2) is 6.59. The van der Waals surface area contributed by atoms with Crippen LogP contribution in [0.5, 0.6) is 0 Å². The zero-order chi connectivity index (χ0) is 12.1. The Hall–Kier alpha value is -0.100. The van der Waals surface area contributed by atoms with Crippen molar-refractivity contribution < 1.29 is 4.79 Å². The van der Waals surface area contributed by atoms with E-state index in [1.54, 1.807) is 0 Å². The van der Waals surface area contributed by atoms with Gasteiger partial charge in [-0.25, -0.2) is 0 Å². The Labute approximate surface area is 115 Å². The molecule has 1 heterocycles. The van der Waals surface area contributed by atoms with Gasteiger partial charge in [-0.3, -0.25) is 4.79 Å². The molecule has 1 atom stereocenters. The van der Waals surface area contributed by atoms with Gasteiger partial charge in [0, 0.05) is 10.5 Å². The number of carbonyl (C=O) groups excluding carboxylic acids is 1. The first-order valence-corrected chi connectivity index (χ1v) is 7.93. The molecule has 0 fully saturated rings. The van der Waals surface area contributed by atoms with Crippen molar-refractivity contribution in [1.82, 2.24) is 5.32 Å². The average Bonchev–Trinajstić information content (AvgIpc) is 2.72. The molecule has 1 rings (SSSR count). The second-order valence-corrected chi connectivity index (χ2v) is 5.90. The Kier molecular flexibility index (Phi) is 5.75. The molecule has 1 amide bonds. The molecule has 4 heteroatoms. The van der Waals surface area contributed by atoms with E-state index in [2.05, 4.69) is 48.7 Å². The summed E-state index contributed by atoms with van der Waals surface area (Å²) >= 11 is 3.85. The zero-order valence-electron chi connectivity index (χ0n) is 9.92. The van der Waals surface area contributed by atoms with E-state index in [0.29, 0.717) is 5.92 Å². The topological polar surface area (TPSA) is 29.1 Å². The van der Waals surface area contributed by atoms with Gasteiger partial charge in [-0.2, -0.15) is 0 Å². The second-order valence-electron chi connectivity index (χ2n) is 4.11. The Balaban J connectivity index is 2.71. The van der Waals surface area contributed by atoms with Crippen LogP contribution in [0.2, 0.25) is 0 Å².